The lowest BCUT2D eigenvalue weighted by molar-refractivity contribution is 0.982. The SMILES string of the molecule is CCN(C)c1ccc(Br)s1. The van der Waals surface area contributed by atoms with Crippen molar-refractivity contribution in [3.05, 3.63) is 15.9 Å². The zero-order valence-electron chi connectivity index (χ0n) is 6.10. The van der Waals surface area contributed by atoms with Crippen LogP contribution in [-0.4, -0.2) is 13.6 Å². The number of thiophene rings is 1. The second-order valence-electron chi connectivity index (χ2n) is 2.09. The minimum atomic E-state index is 1.06. The van der Waals surface area contributed by atoms with E-state index in [1.54, 1.807) is 11.3 Å². The highest BCUT2D eigenvalue weighted by Gasteiger charge is 1.99. The van der Waals surface area contributed by atoms with Gasteiger partial charge in [-0.05, 0) is 35.0 Å². The Balaban J connectivity index is 2.74. The summed E-state index contributed by atoms with van der Waals surface area (Å²) in [6.45, 7) is 3.21. The van der Waals surface area contributed by atoms with E-state index in [0.717, 1.165) is 6.54 Å². The van der Waals surface area contributed by atoms with Gasteiger partial charge in [-0.25, -0.2) is 0 Å². The van der Waals surface area contributed by atoms with Crippen LogP contribution in [0.3, 0.4) is 0 Å². The molecule has 0 aromatic carbocycles. The Kier molecular flexibility index (Phi) is 2.74. The lowest BCUT2D eigenvalue weighted by atomic mass is 10.5. The number of hydrogen-bond acceptors (Lipinski definition) is 2. The highest BCUT2D eigenvalue weighted by Crippen LogP contribution is 2.28. The van der Waals surface area contributed by atoms with E-state index >= 15 is 0 Å². The van der Waals surface area contributed by atoms with E-state index in [1.165, 1.54) is 8.79 Å². The summed E-state index contributed by atoms with van der Waals surface area (Å²) in [5.41, 5.74) is 0. The Morgan fingerprint density at radius 2 is 2.30 bits per heavy atom. The van der Waals surface area contributed by atoms with Crippen molar-refractivity contribution in [3.8, 4) is 0 Å². The zero-order chi connectivity index (χ0) is 7.56. The van der Waals surface area contributed by atoms with Gasteiger partial charge in [0.25, 0.3) is 0 Å². The monoisotopic (exact) mass is 219 g/mol. The molecule has 1 rings (SSSR count). The topological polar surface area (TPSA) is 3.24 Å². The van der Waals surface area contributed by atoms with Crippen molar-refractivity contribution in [1.82, 2.24) is 0 Å². The highest BCUT2D eigenvalue weighted by molar-refractivity contribution is 9.11. The summed E-state index contributed by atoms with van der Waals surface area (Å²) in [6, 6.07) is 4.20. The van der Waals surface area contributed by atoms with E-state index in [2.05, 4.69) is 46.9 Å². The van der Waals surface area contributed by atoms with Crippen molar-refractivity contribution >= 4 is 32.3 Å². The molecule has 0 saturated carbocycles. The molecule has 0 atom stereocenters. The summed E-state index contributed by atoms with van der Waals surface area (Å²) in [7, 11) is 2.10. The van der Waals surface area contributed by atoms with Gasteiger partial charge in [-0.1, -0.05) is 0 Å². The van der Waals surface area contributed by atoms with Crippen molar-refractivity contribution in [2.75, 3.05) is 18.5 Å². The third-order valence-corrected chi connectivity index (χ3v) is 3.15. The van der Waals surface area contributed by atoms with E-state index < -0.39 is 0 Å². The fraction of sp³-hybridized carbons (Fsp3) is 0.429. The standard InChI is InChI=1S/C7H10BrNS/c1-3-9(2)7-5-4-6(8)10-7/h4-5H,3H2,1-2H3. The smallest absolute Gasteiger partial charge is 0.0917 e. The molecule has 0 aliphatic carbocycles. The van der Waals surface area contributed by atoms with Gasteiger partial charge in [0.1, 0.15) is 0 Å². The van der Waals surface area contributed by atoms with Crippen LogP contribution in [0, 0.1) is 0 Å². The van der Waals surface area contributed by atoms with Crippen LogP contribution >= 0.6 is 27.3 Å². The molecule has 56 valence electrons. The largest absolute Gasteiger partial charge is 0.367 e. The van der Waals surface area contributed by atoms with Crippen LogP contribution in [0.15, 0.2) is 15.9 Å². The minimum absolute atomic E-state index is 1.06. The van der Waals surface area contributed by atoms with Crippen molar-refractivity contribution in [1.29, 1.82) is 0 Å². The second kappa shape index (κ2) is 3.39. The summed E-state index contributed by atoms with van der Waals surface area (Å²) in [5, 5.41) is 1.31. The third kappa shape index (κ3) is 1.73. The molecule has 0 fully saturated rings. The van der Waals surface area contributed by atoms with Crippen LogP contribution in [0.1, 0.15) is 6.92 Å². The molecular formula is C7H10BrNS. The molecule has 0 N–H and O–H groups in total. The first-order valence-electron chi connectivity index (χ1n) is 3.20. The van der Waals surface area contributed by atoms with Crippen LogP contribution < -0.4 is 4.90 Å². The quantitative estimate of drug-likeness (QED) is 0.740. The molecule has 0 aliphatic rings. The van der Waals surface area contributed by atoms with Gasteiger partial charge >= 0.3 is 0 Å². The summed E-state index contributed by atoms with van der Waals surface area (Å²) in [6.07, 6.45) is 0. The van der Waals surface area contributed by atoms with Crippen LogP contribution in [0.4, 0.5) is 5.00 Å². The van der Waals surface area contributed by atoms with Crippen molar-refractivity contribution in [3.63, 3.8) is 0 Å². The van der Waals surface area contributed by atoms with Gasteiger partial charge in [0.05, 0.1) is 8.79 Å². The maximum atomic E-state index is 3.42. The molecule has 0 spiro atoms. The fourth-order valence-electron chi connectivity index (χ4n) is 0.666. The van der Waals surface area contributed by atoms with Gasteiger partial charge in [-0.3, -0.25) is 0 Å². The van der Waals surface area contributed by atoms with Gasteiger partial charge < -0.3 is 4.90 Å². The van der Waals surface area contributed by atoms with Crippen molar-refractivity contribution in [2.24, 2.45) is 0 Å². The van der Waals surface area contributed by atoms with Crippen LogP contribution in [0.2, 0.25) is 0 Å². The first-order valence-corrected chi connectivity index (χ1v) is 4.81. The Labute approximate surface area is 73.8 Å². The Morgan fingerprint density at radius 3 is 2.70 bits per heavy atom. The van der Waals surface area contributed by atoms with Gasteiger partial charge in [-0.15, -0.1) is 11.3 Å². The molecule has 1 nitrogen and oxygen atoms in total. The van der Waals surface area contributed by atoms with E-state index in [-0.39, 0.29) is 0 Å². The van der Waals surface area contributed by atoms with Crippen LogP contribution in [0.25, 0.3) is 0 Å². The Hall–Kier alpha value is -0.0200. The molecule has 0 aliphatic heterocycles. The fourth-order valence-corrected chi connectivity index (χ4v) is 2.05. The van der Waals surface area contributed by atoms with Gasteiger partial charge in [0.15, 0.2) is 0 Å². The molecule has 3 heteroatoms. The molecule has 1 heterocycles. The van der Waals surface area contributed by atoms with Gasteiger partial charge in [-0.2, -0.15) is 0 Å². The summed E-state index contributed by atoms with van der Waals surface area (Å²) in [5.74, 6) is 0. The normalized spacial score (nSPS) is 9.90. The number of halogens is 1. The maximum Gasteiger partial charge on any atom is 0.0917 e. The lowest BCUT2D eigenvalue weighted by Gasteiger charge is -2.12. The highest BCUT2D eigenvalue weighted by atomic mass is 79.9. The lowest BCUT2D eigenvalue weighted by Crippen LogP contribution is -2.13. The second-order valence-corrected chi connectivity index (χ2v) is 4.53. The average molecular weight is 220 g/mol. The first kappa shape index (κ1) is 8.08. The minimum Gasteiger partial charge on any atom is -0.367 e. The third-order valence-electron chi connectivity index (χ3n) is 1.41. The van der Waals surface area contributed by atoms with E-state index in [4.69, 9.17) is 0 Å². The molecule has 1 aromatic rings. The molecule has 0 unspecified atom stereocenters. The van der Waals surface area contributed by atoms with Crippen LogP contribution in [0.5, 0.6) is 0 Å². The van der Waals surface area contributed by atoms with Gasteiger partial charge in [0.2, 0.25) is 0 Å². The molecular weight excluding hydrogens is 210 g/mol. The van der Waals surface area contributed by atoms with Crippen molar-refractivity contribution in [2.45, 2.75) is 6.92 Å². The van der Waals surface area contributed by atoms with Crippen molar-refractivity contribution < 1.29 is 0 Å². The summed E-state index contributed by atoms with van der Waals surface area (Å²) < 4.78 is 1.20. The van der Waals surface area contributed by atoms with E-state index in [9.17, 15) is 0 Å². The van der Waals surface area contributed by atoms with Crippen LogP contribution in [-0.2, 0) is 0 Å². The first-order chi connectivity index (χ1) is 4.74. The summed E-state index contributed by atoms with van der Waals surface area (Å²) in [4.78, 5) is 2.22. The molecule has 1 aromatic heterocycles. The predicted octanol–water partition coefficient (Wildman–Crippen LogP) is 2.97. The number of hydrogen-bond donors (Lipinski definition) is 0. The average Bonchev–Trinajstić information content (AvgIpc) is 2.34. The summed E-state index contributed by atoms with van der Waals surface area (Å²) >= 11 is 5.18. The molecule has 0 saturated heterocycles. The van der Waals surface area contributed by atoms with E-state index in [0.29, 0.717) is 0 Å². The number of nitrogens with zero attached hydrogens (tertiary/aromatic N) is 1. The molecule has 0 bridgehead atoms. The zero-order valence-corrected chi connectivity index (χ0v) is 8.50. The maximum absolute atomic E-state index is 3.42. The number of anilines is 1. The van der Waals surface area contributed by atoms with Gasteiger partial charge in [0, 0.05) is 13.6 Å². The Morgan fingerprint density at radius 1 is 1.60 bits per heavy atom. The molecule has 0 amide bonds. The molecule has 10 heavy (non-hydrogen) atoms. The predicted molar refractivity (Wildman–Crippen MR) is 51.0 cm³/mol. The Bertz CT molecular complexity index is 209. The number of rotatable bonds is 2. The van der Waals surface area contributed by atoms with E-state index in [1.807, 2.05) is 0 Å². The molecule has 0 radical (unpaired) electrons.